The molecule has 8 nitrogen and oxygen atoms in total. The van der Waals surface area contributed by atoms with Crippen LogP contribution in [0.5, 0.6) is 11.6 Å². The van der Waals surface area contributed by atoms with Gasteiger partial charge in [-0.25, -0.2) is 9.97 Å². The third kappa shape index (κ3) is 5.33. The first-order valence-electron chi connectivity index (χ1n) is 9.31. The van der Waals surface area contributed by atoms with Gasteiger partial charge in [-0.2, -0.15) is 0 Å². The number of carboxylic acids is 1. The Bertz CT molecular complexity index is 967. The Hall–Kier alpha value is -2.91. The molecule has 0 amide bonds. The number of aryl methyl sites for hydroxylation is 1. The number of carbonyl (C=O) groups is 1. The van der Waals surface area contributed by atoms with Crippen LogP contribution in [0.3, 0.4) is 0 Å². The highest BCUT2D eigenvalue weighted by molar-refractivity contribution is 7.13. The van der Waals surface area contributed by atoms with Crippen molar-refractivity contribution in [3.05, 3.63) is 41.8 Å². The van der Waals surface area contributed by atoms with Crippen molar-refractivity contribution in [3.8, 4) is 27.9 Å². The van der Waals surface area contributed by atoms with E-state index in [4.69, 9.17) is 20.3 Å². The lowest BCUT2D eigenvalue weighted by atomic mass is 10.1. The van der Waals surface area contributed by atoms with Crippen LogP contribution in [0.15, 0.2) is 36.0 Å². The number of rotatable bonds is 10. The quantitative estimate of drug-likeness (QED) is 0.522. The number of carboxylic acid groups (broad SMARTS) is 1. The van der Waals surface area contributed by atoms with Crippen molar-refractivity contribution in [2.75, 3.05) is 13.2 Å². The molecule has 0 aliphatic carbocycles. The fourth-order valence-corrected chi connectivity index (χ4v) is 3.54. The van der Waals surface area contributed by atoms with Crippen LogP contribution in [-0.2, 0) is 11.2 Å². The third-order valence-corrected chi connectivity index (χ3v) is 4.82. The predicted molar refractivity (Wildman–Crippen MR) is 111 cm³/mol. The van der Waals surface area contributed by atoms with Crippen LogP contribution in [0.2, 0.25) is 0 Å². The molecule has 0 bridgehead atoms. The van der Waals surface area contributed by atoms with Crippen molar-refractivity contribution in [1.29, 1.82) is 0 Å². The lowest BCUT2D eigenvalue weighted by molar-refractivity contribution is -0.137. The molecule has 0 aliphatic heterocycles. The molecule has 0 atom stereocenters. The van der Waals surface area contributed by atoms with E-state index >= 15 is 0 Å². The van der Waals surface area contributed by atoms with Gasteiger partial charge in [0.1, 0.15) is 23.2 Å². The zero-order valence-corrected chi connectivity index (χ0v) is 17.2. The van der Waals surface area contributed by atoms with Gasteiger partial charge in [0, 0.05) is 31.4 Å². The summed E-state index contributed by atoms with van der Waals surface area (Å²) < 4.78 is 13.4. The van der Waals surface area contributed by atoms with Gasteiger partial charge in [-0.05, 0) is 26.0 Å². The molecule has 0 saturated carbocycles. The summed E-state index contributed by atoms with van der Waals surface area (Å²) in [6.45, 7) is 4.67. The average molecular weight is 417 g/mol. The maximum atomic E-state index is 10.9. The number of hydrogen-bond acceptors (Lipinski definition) is 7. The number of hydrogen-bond donors (Lipinski definition) is 2. The van der Waals surface area contributed by atoms with Crippen LogP contribution >= 0.6 is 11.3 Å². The highest BCUT2D eigenvalue weighted by Gasteiger charge is 2.15. The van der Waals surface area contributed by atoms with Crippen molar-refractivity contribution in [3.63, 3.8) is 0 Å². The Kier molecular flexibility index (Phi) is 6.84. The standard InChI is InChI=1S/C20H24N4O4S/c1-13(2)28-18-12-29-20(23-18)15-4-3-14(11-16(15)27-10-7-21)24-9-8-22-17(24)5-6-19(25)26/h3-4,8-9,11-13H,5-7,10,21H2,1-2H3,(H,25,26). The maximum absolute atomic E-state index is 10.9. The summed E-state index contributed by atoms with van der Waals surface area (Å²) in [7, 11) is 0. The number of benzene rings is 1. The van der Waals surface area contributed by atoms with Gasteiger partial charge < -0.3 is 24.9 Å². The molecule has 0 aliphatic rings. The summed E-state index contributed by atoms with van der Waals surface area (Å²) >= 11 is 1.48. The molecule has 29 heavy (non-hydrogen) atoms. The summed E-state index contributed by atoms with van der Waals surface area (Å²) in [4.78, 5) is 19.7. The molecule has 0 spiro atoms. The van der Waals surface area contributed by atoms with Gasteiger partial charge in [0.15, 0.2) is 0 Å². The lowest BCUT2D eigenvalue weighted by Crippen LogP contribution is -2.11. The highest BCUT2D eigenvalue weighted by Crippen LogP contribution is 2.36. The maximum Gasteiger partial charge on any atom is 0.303 e. The average Bonchev–Trinajstić information content (AvgIpc) is 3.33. The largest absolute Gasteiger partial charge is 0.491 e. The summed E-state index contributed by atoms with van der Waals surface area (Å²) in [5, 5.41) is 11.6. The van der Waals surface area contributed by atoms with E-state index in [1.165, 1.54) is 11.3 Å². The van der Waals surface area contributed by atoms with E-state index in [-0.39, 0.29) is 12.5 Å². The van der Waals surface area contributed by atoms with Gasteiger partial charge in [-0.15, -0.1) is 11.3 Å². The Balaban J connectivity index is 1.93. The summed E-state index contributed by atoms with van der Waals surface area (Å²) in [5.41, 5.74) is 7.29. The van der Waals surface area contributed by atoms with Crippen LogP contribution in [0.1, 0.15) is 26.1 Å². The Labute approximate surface area is 172 Å². The van der Waals surface area contributed by atoms with Gasteiger partial charge in [-0.1, -0.05) is 0 Å². The van der Waals surface area contributed by atoms with Crippen molar-refractivity contribution in [2.24, 2.45) is 5.73 Å². The number of aliphatic carboxylic acids is 1. The minimum atomic E-state index is -0.856. The molecule has 0 unspecified atom stereocenters. The number of thiazole rings is 1. The van der Waals surface area contributed by atoms with E-state index in [0.717, 1.165) is 16.3 Å². The molecule has 3 rings (SSSR count). The SMILES string of the molecule is CC(C)Oc1csc(-c2ccc(-n3ccnc3CCC(=O)O)cc2OCCN)n1. The van der Waals surface area contributed by atoms with E-state index in [1.807, 2.05) is 42.0 Å². The number of nitrogens with zero attached hydrogens (tertiary/aromatic N) is 3. The van der Waals surface area contributed by atoms with E-state index < -0.39 is 5.97 Å². The van der Waals surface area contributed by atoms with Gasteiger partial charge in [0.25, 0.3) is 0 Å². The van der Waals surface area contributed by atoms with Crippen LogP contribution < -0.4 is 15.2 Å². The molecule has 3 N–H and O–H groups in total. The smallest absolute Gasteiger partial charge is 0.303 e. The summed E-state index contributed by atoms with van der Waals surface area (Å²) in [5.74, 6) is 1.05. The zero-order chi connectivity index (χ0) is 20.8. The minimum Gasteiger partial charge on any atom is -0.491 e. The van der Waals surface area contributed by atoms with Crippen molar-refractivity contribution in [1.82, 2.24) is 14.5 Å². The summed E-state index contributed by atoms with van der Waals surface area (Å²) in [6, 6.07) is 5.75. The fourth-order valence-electron chi connectivity index (χ4n) is 2.78. The second-order valence-electron chi connectivity index (χ2n) is 6.58. The second-order valence-corrected chi connectivity index (χ2v) is 7.44. The number of ether oxygens (including phenoxy) is 2. The third-order valence-electron chi connectivity index (χ3n) is 3.97. The predicted octanol–water partition coefficient (Wildman–Crippen LogP) is 3.14. The van der Waals surface area contributed by atoms with Crippen molar-refractivity contribution >= 4 is 17.3 Å². The Morgan fingerprint density at radius 1 is 1.38 bits per heavy atom. The number of imidazole rings is 1. The Morgan fingerprint density at radius 3 is 2.93 bits per heavy atom. The van der Waals surface area contributed by atoms with E-state index in [1.54, 1.807) is 12.4 Å². The van der Waals surface area contributed by atoms with Crippen LogP contribution in [-0.4, -0.2) is 44.9 Å². The van der Waals surface area contributed by atoms with Gasteiger partial charge >= 0.3 is 5.97 Å². The molecular formula is C20H24N4O4S. The zero-order valence-electron chi connectivity index (χ0n) is 16.4. The Morgan fingerprint density at radius 2 is 2.21 bits per heavy atom. The molecular weight excluding hydrogens is 392 g/mol. The lowest BCUT2D eigenvalue weighted by Gasteiger charge is -2.13. The van der Waals surface area contributed by atoms with Crippen molar-refractivity contribution < 1.29 is 19.4 Å². The molecule has 0 saturated heterocycles. The molecule has 0 radical (unpaired) electrons. The highest BCUT2D eigenvalue weighted by atomic mass is 32.1. The molecule has 2 aromatic heterocycles. The van der Waals surface area contributed by atoms with Crippen LogP contribution in [0, 0.1) is 0 Å². The van der Waals surface area contributed by atoms with E-state index in [2.05, 4.69) is 9.97 Å². The summed E-state index contributed by atoms with van der Waals surface area (Å²) in [6.07, 6.45) is 3.86. The monoisotopic (exact) mass is 416 g/mol. The number of aromatic nitrogens is 3. The molecule has 1 aromatic carbocycles. The topological polar surface area (TPSA) is 112 Å². The number of nitrogens with two attached hydrogens (primary N) is 1. The fraction of sp³-hybridized carbons (Fsp3) is 0.350. The van der Waals surface area contributed by atoms with Gasteiger partial charge in [-0.3, -0.25) is 4.79 Å². The molecule has 3 aromatic rings. The normalized spacial score (nSPS) is 11.0. The van der Waals surface area contributed by atoms with Gasteiger partial charge in [0.05, 0.1) is 29.2 Å². The first-order chi connectivity index (χ1) is 14.0. The second kappa shape index (κ2) is 9.53. The van der Waals surface area contributed by atoms with E-state index in [9.17, 15) is 4.79 Å². The first-order valence-corrected chi connectivity index (χ1v) is 10.2. The van der Waals surface area contributed by atoms with Crippen molar-refractivity contribution in [2.45, 2.75) is 32.8 Å². The molecule has 9 heteroatoms. The first kappa shape index (κ1) is 20.8. The molecule has 154 valence electrons. The van der Waals surface area contributed by atoms with E-state index in [0.29, 0.717) is 37.0 Å². The van der Waals surface area contributed by atoms with Crippen LogP contribution in [0.25, 0.3) is 16.3 Å². The minimum absolute atomic E-state index is 0.0172. The molecule has 2 heterocycles. The van der Waals surface area contributed by atoms with Gasteiger partial charge in [0.2, 0.25) is 5.88 Å². The molecule has 0 fully saturated rings. The van der Waals surface area contributed by atoms with Crippen LogP contribution in [0.4, 0.5) is 0 Å².